The highest BCUT2D eigenvalue weighted by atomic mass is 19.1. The Morgan fingerprint density at radius 3 is 2.53 bits per heavy atom. The van der Waals surface area contributed by atoms with Crippen LogP contribution >= 0.6 is 0 Å². The van der Waals surface area contributed by atoms with Crippen molar-refractivity contribution in [1.29, 1.82) is 0 Å². The molecule has 2 rings (SSSR count). The third kappa shape index (κ3) is 2.58. The summed E-state index contributed by atoms with van der Waals surface area (Å²) >= 11 is 0. The lowest BCUT2D eigenvalue weighted by atomic mass is 10.1. The molecule has 0 aromatic heterocycles. The zero-order valence-electron chi connectivity index (χ0n) is 10.4. The second kappa shape index (κ2) is 5.02. The fourth-order valence-corrected chi connectivity index (χ4v) is 2.33. The molecule has 94 valence electrons. The lowest BCUT2D eigenvalue weighted by molar-refractivity contribution is 0.202. The van der Waals surface area contributed by atoms with Gasteiger partial charge in [-0.25, -0.2) is 4.39 Å². The first kappa shape index (κ1) is 12.3. The maximum atomic E-state index is 12.9. The molecule has 1 aliphatic rings. The molecule has 0 aliphatic carbocycles. The van der Waals surface area contributed by atoms with Crippen molar-refractivity contribution >= 4 is 5.69 Å². The molecular weight excluding hydrogens is 217 g/mol. The number of nitrogens with two attached hydrogens (primary N) is 1. The molecule has 2 N–H and O–H groups in total. The van der Waals surface area contributed by atoms with Gasteiger partial charge in [-0.15, -0.1) is 0 Å². The van der Waals surface area contributed by atoms with Crippen molar-refractivity contribution in [1.82, 2.24) is 4.90 Å². The van der Waals surface area contributed by atoms with Crippen molar-refractivity contribution in [2.24, 2.45) is 5.73 Å². The van der Waals surface area contributed by atoms with Gasteiger partial charge in [0.2, 0.25) is 0 Å². The highest BCUT2D eigenvalue weighted by Crippen LogP contribution is 2.22. The molecule has 0 saturated carbocycles. The average molecular weight is 237 g/mol. The monoisotopic (exact) mass is 237 g/mol. The number of rotatable bonds is 2. The largest absolute Gasteiger partial charge is 0.364 e. The number of hydrogen-bond donors (Lipinski definition) is 1. The van der Waals surface area contributed by atoms with E-state index in [1.54, 1.807) is 0 Å². The van der Waals surface area contributed by atoms with Gasteiger partial charge in [0.25, 0.3) is 0 Å². The van der Waals surface area contributed by atoms with E-state index in [9.17, 15) is 4.39 Å². The molecule has 1 aromatic rings. The fourth-order valence-electron chi connectivity index (χ4n) is 2.33. The van der Waals surface area contributed by atoms with E-state index in [0.29, 0.717) is 18.6 Å². The van der Waals surface area contributed by atoms with Crippen LogP contribution in [0.2, 0.25) is 0 Å². The summed E-state index contributed by atoms with van der Waals surface area (Å²) in [5, 5.41) is 0. The summed E-state index contributed by atoms with van der Waals surface area (Å²) in [5.41, 5.74) is 6.88. The molecule has 0 amide bonds. The van der Waals surface area contributed by atoms with E-state index >= 15 is 0 Å². The molecule has 2 unspecified atom stereocenters. The first-order valence-electron chi connectivity index (χ1n) is 6.04. The SMILES string of the molecule is CC1CN(c2ccc(F)cc2)C(CN)CN1C. The minimum Gasteiger partial charge on any atom is -0.364 e. The summed E-state index contributed by atoms with van der Waals surface area (Å²) in [6.45, 7) is 4.71. The van der Waals surface area contributed by atoms with E-state index in [1.165, 1.54) is 12.1 Å². The van der Waals surface area contributed by atoms with Gasteiger partial charge >= 0.3 is 0 Å². The van der Waals surface area contributed by atoms with E-state index in [-0.39, 0.29) is 5.82 Å². The van der Waals surface area contributed by atoms with Crippen molar-refractivity contribution in [3.05, 3.63) is 30.1 Å². The fraction of sp³-hybridized carbons (Fsp3) is 0.538. The Morgan fingerprint density at radius 2 is 1.94 bits per heavy atom. The second-order valence-electron chi connectivity index (χ2n) is 4.81. The zero-order valence-corrected chi connectivity index (χ0v) is 10.4. The Kier molecular flexibility index (Phi) is 3.64. The molecule has 1 aromatic carbocycles. The first-order chi connectivity index (χ1) is 8.11. The molecule has 1 fully saturated rings. The van der Waals surface area contributed by atoms with E-state index < -0.39 is 0 Å². The van der Waals surface area contributed by atoms with Crippen LogP contribution in [-0.2, 0) is 0 Å². The van der Waals surface area contributed by atoms with Crippen molar-refractivity contribution < 1.29 is 4.39 Å². The quantitative estimate of drug-likeness (QED) is 0.841. The predicted octanol–water partition coefficient (Wildman–Crippen LogP) is 1.29. The molecule has 3 nitrogen and oxygen atoms in total. The maximum Gasteiger partial charge on any atom is 0.123 e. The number of nitrogens with zero attached hydrogens (tertiary/aromatic N) is 2. The van der Waals surface area contributed by atoms with E-state index in [2.05, 4.69) is 23.8 Å². The van der Waals surface area contributed by atoms with Gasteiger partial charge in [0, 0.05) is 31.4 Å². The third-order valence-electron chi connectivity index (χ3n) is 3.58. The Labute approximate surface area is 102 Å². The lowest BCUT2D eigenvalue weighted by Crippen LogP contribution is -2.58. The van der Waals surface area contributed by atoms with Crippen LogP contribution < -0.4 is 10.6 Å². The van der Waals surface area contributed by atoms with Crippen LogP contribution in [0.1, 0.15) is 6.92 Å². The topological polar surface area (TPSA) is 32.5 Å². The third-order valence-corrected chi connectivity index (χ3v) is 3.58. The number of halogens is 1. The van der Waals surface area contributed by atoms with E-state index in [0.717, 1.165) is 18.8 Å². The summed E-state index contributed by atoms with van der Waals surface area (Å²) in [7, 11) is 2.12. The first-order valence-corrected chi connectivity index (χ1v) is 6.04. The minimum atomic E-state index is -0.194. The maximum absolute atomic E-state index is 12.9. The van der Waals surface area contributed by atoms with Crippen LogP contribution in [0.25, 0.3) is 0 Å². The molecule has 2 atom stereocenters. The predicted molar refractivity (Wildman–Crippen MR) is 68.7 cm³/mol. The Hall–Kier alpha value is -1.13. The van der Waals surface area contributed by atoms with Gasteiger partial charge in [-0.3, -0.25) is 4.90 Å². The Morgan fingerprint density at radius 1 is 1.29 bits per heavy atom. The van der Waals surface area contributed by atoms with Crippen LogP contribution in [0.3, 0.4) is 0 Å². The van der Waals surface area contributed by atoms with Gasteiger partial charge in [0.05, 0.1) is 6.04 Å². The van der Waals surface area contributed by atoms with Crippen LogP contribution in [-0.4, -0.2) is 43.7 Å². The number of anilines is 1. The van der Waals surface area contributed by atoms with Gasteiger partial charge < -0.3 is 10.6 Å². The molecule has 0 spiro atoms. The number of benzene rings is 1. The number of hydrogen-bond acceptors (Lipinski definition) is 3. The smallest absolute Gasteiger partial charge is 0.123 e. The standard InChI is InChI=1S/C13H20FN3/c1-10-8-17(13(7-15)9-16(10)2)12-5-3-11(14)4-6-12/h3-6,10,13H,7-9,15H2,1-2H3. The molecule has 4 heteroatoms. The number of piperazine rings is 1. The van der Waals surface area contributed by atoms with Crippen molar-refractivity contribution in [2.75, 3.05) is 31.6 Å². The van der Waals surface area contributed by atoms with Gasteiger partial charge in [-0.05, 0) is 38.2 Å². The van der Waals surface area contributed by atoms with Gasteiger partial charge in [0.15, 0.2) is 0 Å². The van der Waals surface area contributed by atoms with Crippen molar-refractivity contribution in [3.63, 3.8) is 0 Å². The Balaban J connectivity index is 2.20. The molecule has 17 heavy (non-hydrogen) atoms. The minimum absolute atomic E-state index is 0.194. The van der Waals surface area contributed by atoms with Crippen LogP contribution in [0.5, 0.6) is 0 Å². The zero-order chi connectivity index (χ0) is 12.4. The molecule has 0 radical (unpaired) electrons. The number of likely N-dealkylation sites (N-methyl/N-ethyl adjacent to an activating group) is 1. The highest BCUT2D eigenvalue weighted by molar-refractivity contribution is 5.48. The summed E-state index contributed by atoms with van der Waals surface area (Å²) < 4.78 is 12.9. The lowest BCUT2D eigenvalue weighted by Gasteiger charge is -2.44. The normalized spacial score (nSPS) is 26.2. The second-order valence-corrected chi connectivity index (χ2v) is 4.81. The Bertz CT molecular complexity index is 365. The summed E-state index contributed by atoms with van der Waals surface area (Å²) in [6.07, 6.45) is 0. The van der Waals surface area contributed by atoms with Crippen molar-refractivity contribution in [2.45, 2.75) is 19.0 Å². The average Bonchev–Trinajstić information content (AvgIpc) is 2.33. The summed E-state index contributed by atoms with van der Waals surface area (Å²) in [4.78, 5) is 4.60. The van der Waals surface area contributed by atoms with Crippen LogP contribution in [0, 0.1) is 5.82 Å². The summed E-state index contributed by atoms with van der Waals surface area (Å²) in [5.74, 6) is -0.194. The molecular formula is C13H20FN3. The highest BCUT2D eigenvalue weighted by Gasteiger charge is 2.28. The van der Waals surface area contributed by atoms with E-state index in [1.807, 2.05) is 12.1 Å². The van der Waals surface area contributed by atoms with Crippen LogP contribution in [0.15, 0.2) is 24.3 Å². The van der Waals surface area contributed by atoms with E-state index in [4.69, 9.17) is 5.73 Å². The molecule has 1 aliphatic heterocycles. The van der Waals surface area contributed by atoms with Gasteiger partial charge in [0.1, 0.15) is 5.82 Å². The molecule has 1 heterocycles. The van der Waals surface area contributed by atoms with Crippen LogP contribution in [0.4, 0.5) is 10.1 Å². The van der Waals surface area contributed by atoms with Crippen molar-refractivity contribution in [3.8, 4) is 0 Å². The molecule has 0 bridgehead atoms. The van der Waals surface area contributed by atoms with Gasteiger partial charge in [-0.2, -0.15) is 0 Å². The van der Waals surface area contributed by atoms with Gasteiger partial charge in [-0.1, -0.05) is 0 Å². The summed E-state index contributed by atoms with van der Waals surface area (Å²) in [6, 6.07) is 7.47. The molecule has 1 saturated heterocycles.